The fraction of sp³-hybridized carbons (Fsp3) is 1.00. The summed E-state index contributed by atoms with van der Waals surface area (Å²) in [5, 5.41) is 9.41. The highest BCUT2D eigenvalue weighted by Crippen LogP contribution is 2.08. The summed E-state index contributed by atoms with van der Waals surface area (Å²) in [5.74, 6) is 0. The molecule has 76 valence electrons. The van der Waals surface area contributed by atoms with Gasteiger partial charge in [-0.15, -0.1) is 0 Å². The van der Waals surface area contributed by atoms with Crippen molar-refractivity contribution in [2.75, 3.05) is 0 Å². The summed E-state index contributed by atoms with van der Waals surface area (Å²) >= 11 is 0. The highest BCUT2D eigenvalue weighted by atomic mass is 16.3. The zero-order chi connectivity index (χ0) is 8.53. The SMILES string of the molecule is CCCCCC(O)CCCC.O. The van der Waals surface area contributed by atoms with Gasteiger partial charge >= 0.3 is 0 Å². The molecule has 2 heteroatoms. The molecule has 2 nitrogen and oxygen atoms in total. The molecule has 1 unspecified atom stereocenters. The van der Waals surface area contributed by atoms with Gasteiger partial charge in [0.25, 0.3) is 0 Å². The Morgan fingerprint density at radius 3 is 1.92 bits per heavy atom. The molecule has 0 aliphatic carbocycles. The van der Waals surface area contributed by atoms with Gasteiger partial charge < -0.3 is 10.6 Å². The molecule has 0 amide bonds. The van der Waals surface area contributed by atoms with E-state index >= 15 is 0 Å². The van der Waals surface area contributed by atoms with Crippen LogP contribution in [0.5, 0.6) is 0 Å². The molecule has 0 aliphatic rings. The fourth-order valence-electron chi connectivity index (χ4n) is 1.21. The van der Waals surface area contributed by atoms with Gasteiger partial charge in [-0.3, -0.25) is 0 Å². The van der Waals surface area contributed by atoms with Crippen LogP contribution in [0.3, 0.4) is 0 Å². The smallest absolute Gasteiger partial charge is 0.0540 e. The van der Waals surface area contributed by atoms with Crippen LogP contribution in [-0.2, 0) is 0 Å². The van der Waals surface area contributed by atoms with Crippen molar-refractivity contribution < 1.29 is 10.6 Å². The molecule has 0 radical (unpaired) electrons. The standard InChI is InChI=1S/C10H22O.H2O/c1-3-5-7-9-10(11)8-6-4-2;/h10-11H,3-9H2,1-2H3;1H2. The topological polar surface area (TPSA) is 51.7 Å². The van der Waals surface area contributed by atoms with Gasteiger partial charge in [0.15, 0.2) is 0 Å². The number of rotatable bonds is 7. The van der Waals surface area contributed by atoms with Crippen molar-refractivity contribution in [1.82, 2.24) is 0 Å². The van der Waals surface area contributed by atoms with Gasteiger partial charge in [0.05, 0.1) is 6.10 Å². The van der Waals surface area contributed by atoms with Gasteiger partial charge in [-0.2, -0.15) is 0 Å². The average molecular weight is 176 g/mol. The van der Waals surface area contributed by atoms with Crippen molar-refractivity contribution in [2.24, 2.45) is 0 Å². The number of hydrogen-bond acceptors (Lipinski definition) is 1. The van der Waals surface area contributed by atoms with Gasteiger partial charge in [-0.1, -0.05) is 46.0 Å². The first-order chi connectivity index (χ1) is 5.31. The van der Waals surface area contributed by atoms with Gasteiger partial charge in [-0.05, 0) is 12.8 Å². The molecule has 0 saturated heterocycles. The van der Waals surface area contributed by atoms with Crippen LogP contribution in [0, 0.1) is 0 Å². The van der Waals surface area contributed by atoms with Crippen LogP contribution < -0.4 is 0 Å². The second-order valence-corrected chi connectivity index (χ2v) is 3.29. The Hall–Kier alpha value is -0.0800. The van der Waals surface area contributed by atoms with Gasteiger partial charge in [-0.25, -0.2) is 0 Å². The molecule has 0 saturated carbocycles. The number of aliphatic hydroxyl groups excluding tert-OH is 1. The van der Waals surface area contributed by atoms with E-state index in [0.29, 0.717) is 0 Å². The van der Waals surface area contributed by atoms with Gasteiger partial charge in [0.1, 0.15) is 0 Å². The van der Waals surface area contributed by atoms with E-state index in [-0.39, 0.29) is 11.6 Å². The molecule has 0 heterocycles. The Kier molecular flexibility index (Phi) is 13.1. The summed E-state index contributed by atoms with van der Waals surface area (Å²) < 4.78 is 0. The summed E-state index contributed by atoms with van der Waals surface area (Å²) in [5.41, 5.74) is 0. The molecule has 1 atom stereocenters. The van der Waals surface area contributed by atoms with E-state index in [1.165, 1.54) is 32.1 Å². The first-order valence-corrected chi connectivity index (χ1v) is 4.99. The second kappa shape index (κ2) is 10.9. The summed E-state index contributed by atoms with van der Waals surface area (Å²) in [4.78, 5) is 0. The summed E-state index contributed by atoms with van der Waals surface area (Å²) in [6, 6.07) is 0. The lowest BCUT2D eigenvalue weighted by atomic mass is 10.1. The van der Waals surface area contributed by atoms with Crippen LogP contribution in [0.25, 0.3) is 0 Å². The largest absolute Gasteiger partial charge is 0.412 e. The number of hydrogen-bond donors (Lipinski definition) is 1. The summed E-state index contributed by atoms with van der Waals surface area (Å²) in [6.45, 7) is 4.36. The molecule has 0 fully saturated rings. The van der Waals surface area contributed by atoms with Crippen LogP contribution in [0.2, 0.25) is 0 Å². The molecule has 3 N–H and O–H groups in total. The van der Waals surface area contributed by atoms with Crippen LogP contribution in [0.4, 0.5) is 0 Å². The molecule has 0 aromatic rings. The molecule has 0 aromatic carbocycles. The molecular formula is C10H24O2. The molecule has 0 spiro atoms. The lowest BCUT2D eigenvalue weighted by Crippen LogP contribution is -2.05. The van der Waals surface area contributed by atoms with E-state index in [9.17, 15) is 5.11 Å². The third-order valence-electron chi connectivity index (χ3n) is 2.03. The highest BCUT2D eigenvalue weighted by molar-refractivity contribution is 4.55. The van der Waals surface area contributed by atoms with Crippen molar-refractivity contribution in [3.8, 4) is 0 Å². The minimum absolute atomic E-state index is 0. The molecule has 0 aromatic heterocycles. The Balaban J connectivity index is 0. The molecule has 0 rings (SSSR count). The first kappa shape index (κ1) is 14.4. The third kappa shape index (κ3) is 9.92. The predicted molar refractivity (Wildman–Crippen MR) is 53.3 cm³/mol. The van der Waals surface area contributed by atoms with E-state index < -0.39 is 0 Å². The Bertz CT molecular complexity index is 74.2. The van der Waals surface area contributed by atoms with Crippen molar-refractivity contribution in [2.45, 2.75) is 64.9 Å². The molecule has 12 heavy (non-hydrogen) atoms. The molecule has 0 aliphatic heterocycles. The van der Waals surface area contributed by atoms with Crippen molar-refractivity contribution in [1.29, 1.82) is 0 Å². The Morgan fingerprint density at radius 1 is 0.917 bits per heavy atom. The molecule has 0 bridgehead atoms. The van der Waals surface area contributed by atoms with Crippen LogP contribution >= 0.6 is 0 Å². The molecular weight excluding hydrogens is 152 g/mol. The maximum absolute atomic E-state index is 9.41. The van der Waals surface area contributed by atoms with Crippen LogP contribution in [0.15, 0.2) is 0 Å². The summed E-state index contributed by atoms with van der Waals surface area (Å²) in [7, 11) is 0. The van der Waals surface area contributed by atoms with Crippen molar-refractivity contribution in [3.05, 3.63) is 0 Å². The van der Waals surface area contributed by atoms with Gasteiger partial charge in [0, 0.05) is 0 Å². The maximum Gasteiger partial charge on any atom is 0.0540 e. The second-order valence-electron chi connectivity index (χ2n) is 3.29. The highest BCUT2D eigenvalue weighted by Gasteiger charge is 2.01. The van der Waals surface area contributed by atoms with Gasteiger partial charge in [0.2, 0.25) is 0 Å². The minimum atomic E-state index is -0.0264. The summed E-state index contributed by atoms with van der Waals surface area (Å²) in [6.07, 6.45) is 8.07. The Labute approximate surface area is 76.3 Å². The number of unbranched alkanes of at least 4 members (excludes halogenated alkanes) is 3. The minimum Gasteiger partial charge on any atom is -0.412 e. The average Bonchev–Trinajstić information content (AvgIpc) is 2.01. The normalized spacial score (nSPS) is 12.2. The maximum atomic E-state index is 9.41. The van der Waals surface area contributed by atoms with Crippen LogP contribution in [0.1, 0.15) is 58.8 Å². The number of aliphatic hydroxyl groups is 1. The predicted octanol–water partition coefficient (Wildman–Crippen LogP) is 2.29. The van der Waals surface area contributed by atoms with Crippen molar-refractivity contribution in [3.63, 3.8) is 0 Å². The zero-order valence-corrected chi connectivity index (χ0v) is 8.47. The quantitative estimate of drug-likeness (QED) is 0.594. The fourth-order valence-corrected chi connectivity index (χ4v) is 1.21. The van der Waals surface area contributed by atoms with E-state index in [0.717, 1.165) is 12.8 Å². The van der Waals surface area contributed by atoms with Crippen molar-refractivity contribution >= 4 is 0 Å². The third-order valence-corrected chi connectivity index (χ3v) is 2.03. The van der Waals surface area contributed by atoms with E-state index in [4.69, 9.17) is 0 Å². The Morgan fingerprint density at radius 2 is 1.42 bits per heavy atom. The van der Waals surface area contributed by atoms with E-state index in [1.54, 1.807) is 0 Å². The van der Waals surface area contributed by atoms with E-state index in [2.05, 4.69) is 13.8 Å². The first-order valence-electron chi connectivity index (χ1n) is 4.99. The lowest BCUT2D eigenvalue weighted by molar-refractivity contribution is 0.148. The monoisotopic (exact) mass is 176 g/mol. The van der Waals surface area contributed by atoms with Crippen LogP contribution in [-0.4, -0.2) is 16.7 Å². The lowest BCUT2D eigenvalue weighted by Gasteiger charge is -2.08. The zero-order valence-electron chi connectivity index (χ0n) is 8.47. The van der Waals surface area contributed by atoms with E-state index in [1.807, 2.05) is 0 Å².